The first-order valence-electron chi connectivity index (χ1n) is 5.04. The highest BCUT2D eigenvalue weighted by Crippen LogP contribution is 2.18. The number of nitrogens with one attached hydrogen (secondary N) is 1. The van der Waals surface area contributed by atoms with E-state index >= 15 is 0 Å². The molecular formula is C12H16ClNO2. The van der Waals surface area contributed by atoms with Crippen LogP contribution in [0.15, 0.2) is 18.2 Å². The van der Waals surface area contributed by atoms with E-state index in [1.165, 1.54) is 6.07 Å². The van der Waals surface area contributed by atoms with E-state index in [4.69, 9.17) is 11.6 Å². The van der Waals surface area contributed by atoms with Crippen LogP contribution in [0.3, 0.4) is 0 Å². The monoisotopic (exact) mass is 241 g/mol. The number of alkyl halides is 1. The molecule has 0 radical (unpaired) electrons. The first-order chi connectivity index (χ1) is 7.35. The Balaban J connectivity index is 2.85. The summed E-state index contributed by atoms with van der Waals surface area (Å²) < 4.78 is 0. The third-order valence-corrected chi connectivity index (χ3v) is 2.93. The van der Waals surface area contributed by atoms with Crippen molar-refractivity contribution in [1.29, 1.82) is 0 Å². The molecule has 0 aromatic heterocycles. The van der Waals surface area contributed by atoms with Crippen molar-refractivity contribution in [1.82, 2.24) is 5.32 Å². The predicted molar refractivity (Wildman–Crippen MR) is 65.1 cm³/mol. The molecule has 16 heavy (non-hydrogen) atoms. The second kappa shape index (κ2) is 4.74. The van der Waals surface area contributed by atoms with Gasteiger partial charge in [-0.3, -0.25) is 4.79 Å². The van der Waals surface area contributed by atoms with Crippen molar-refractivity contribution < 1.29 is 9.90 Å². The molecule has 0 aliphatic rings. The van der Waals surface area contributed by atoms with Crippen molar-refractivity contribution in [2.24, 2.45) is 0 Å². The zero-order chi connectivity index (χ0) is 12.3. The van der Waals surface area contributed by atoms with Crippen LogP contribution in [0.1, 0.15) is 29.8 Å². The second-order valence-corrected chi connectivity index (χ2v) is 4.74. The lowest BCUT2D eigenvalue weighted by Crippen LogP contribution is -2.44. The van der Waals surface area contributed by atoms with E-state index in [2.05, 4.69) is 5.32 Å². The Bertz CT molecular complexity index is 402. The molecule has 0 atom stereocenters. The van der Waals surface area contributed by atoms with Crippen LogP contribution in [0.4, 0.5) is 0 Å². The lowest BCUT2D eigenvalue weighted by atomic mass is 10.1. The Hall–Kier alpha value is -1.22. The molecule has 0 saturated heterocycles. The minimum atomic E-state index is -0.459. The topological polar surface area (TPSA) is 49.3 Å². The van der Waals surface area contributed by atoms with Gasteiger partial charge in [0.2, 0.25) is 0 Å². The van der Waals surface area contributed by atoms with Crippen molar-refractivity contribution in [3.05, 3.63) is 29.3 Å². The van der Waals surface area contributed by atoms with Gasteiger partial charge in [0.25, 0.3) is 5.91 Å². The number of hydrogen-bond acceptors (Lipinski definition) is 2. The SMILES string of the molecule is Cc1ccc(C(=O)NC(C)(C)CCl)cc1O. The van der Waals surface area contributed by atoms with Gasteiger partial charge in [-0.05, 0) is 38.5 Å². The maximum Gasteiger partial charge on any atom is 0.251 e. The molecule has 3 nitrogen and oxygen atoms in total. The minimum Gasteiger partial charge on any atom is -0.508 e. The molecule has 0 aliphatic carbocycles. The second-order valence-electron chi connectivity index (χ2n) is 4.47. The van der Waals surface area contributed by atoms with E-state index in [9.17, 15) is 9.90 Å². The van der Waals surface area contributed by atoms with Crippen LogP contribution < -0.4 is 5.32 Å². The van der Waals surface area contributed by atoms with E-state index < -0.39 is 5.54 Å². The molecule has 1 aromatic rings. The van der Waals surface area contributed by atoms with Crippen molar-refractivity contribution in [3.8, 4) is 5.75 Å². The summed E-state index contributed by atoms with van der Waals surface area (Å²) >= 11 is 5.72. The van der Waals surface area contributed by atoms with Gasteiger partial charge in [0, 0.05) is 17.0 Å². The van der Waals surface area contributed by atoms with E-state index in [0.29, 0.717) is 11.4 Å². The van der Waals surface area contributed by atoms with Crippen LogP contribution in [-0.2, 0) is 0 Å². The minimum absolute atomic E-state index is 0.122. The van der Waals surface area contributed by atoms with Crippen molar-refractivity contribution in [3.63, 3.8) is 0 Å². The highest BCUT2D eigenvalue weighted by atomic mass is 35.5. The van der Waals surface area contributed by atoms with Crippen LogP contribution >= 0.6 is 11.6 Å². The van der Waals surface area contributed by atoms with Gasteiger partial charge in [-0.15, -0.1) is 11.6 Å². The van der Waals surface area contributed by atoms with Gasteiger partial charge in [-0.2, -0.15) is 0 Å². The van der Waals surface area contributed by atoms with Gasteiger partial charge < -0.3 is 10.4 Å². The van der Waals surface area contributed by atoms with Gasteiger partial charge in [-0.25, -0.2) is 0 Å². The molecule has 0 aliphatic heterocycles. The number of rotatable bonds is 3. The Morgan fingerprint density at radius 2 is 2.12 bits per heavy atom. The number of aromatic hydroxyl groups is 1. The van der Waals surface area contributed by atoms with Gasteiger partial charge in [0.05, 0.1) is 0 Å². The summed E-state index contributed by atoms with van der Waals surface area (Å²) in [5.41, 5.74) is 0.716. The van der Waals surface area contributed by atoms with E-state index in [-0.39, 0.29) is 11.7 Å². The number of phenols is 1. The van der Waals surface area contributed by atoms with Crippen LogP contribution in [-0.4, -0.2) is 22.4 Å². The summed E-state index contributed by atoms with van der Waals surface area (Å²) in [6.07, 6.45) is 0. The Morgan fingerprint density at radius 1 is 1.50 bits per heavy atom. The first kappa shape index (κ1) is 12.8. The van der Waals surface area contributed by atoms with E-state index in [1.54, 1.807) is 19.1 Å². The third-order valence-electron chi connectivity index (χ3n) is 2.26. The summed E-state index contributed by atoms with van der Waals surface area (Å²) in [5, 5.41) is 12.3. The smallest absolute Gasteiger partial charge is 0.251 e. The average Bonchev–Trinajstić information content (AvgIpc) is 2.21. The molecule has 0 saturated carbocycles. The molecule has 2 N–H and O–H groups in total. The predicted octanol–water partition coefficient (Wildman–Crippen LogP) is 2.45. The maximum atomic E-state index is 11.8. The molecular weight excluding hydrogens is 226 g/mol. The quantitative estimate of drug-likeness (QED) is 0.799. The summed E-state index contributed by atoms with van der Waals surface area (Å²) in [6, 6.07) is 4.83. The molecule has 0 spiro atoms. The molecule has 0 bridgehead atoms. The van der Waals surface area contributed by atoms with Crippen LogP contribution in [0.5, 0.6) is 5.75 Å². The molecule has 0 unspecified atom stereocenters. The maximum absolute atomic E-state index is 11.8. The summed E-state index contributed by atoms with van der Waals surface area (Å²) in [6.45, 7) is 5.46. The van der Waals surface area contributed by atoms with Crippen LogP contribution in [0, 0.1) is 6.92 Å². The molecule has 88 valence electrons. The Morgan fingerprint density at radius 3 is 2.62 bits per heavy atom. The fourth-order valence-electron chi connectivity index (χ4n) is 1.16. The summed E-state index contributed by atoms with van der Waals surface area (Å²) in [7, 11) is 0. The standard InChI is InChI=1S/C12H16ClNO2/c1-8-4-5-9(6-10(8)15)11(16)14-12(2,3)7-13/h4-6,15H,7H2,1-3H3,(H,14,16). The summed E-state index contributed by atoms with van der Waals surface area (Å²) in [4.78, 5) is 11.8. The first-order valence-corrected chi connectivity index (χ1v) is 5.57. The van der Waals surface area contributed by atoms with Crippen LogP contribution in [0.25, 0.3) is 0 Å². The molecule has 1 aromatic carbocycles. The number of amides is 1. The number of halogens is 1. The van der Waals surface area contributed by atoms with Gasteiger partial charge in [-0.1, -0.05) is 6.07 Å². The van der Waals surface area contributed by atoms with Gasteiger partial charge in [0.1, 0.15) is 5.75 Å². The lowest BCUT2D eigenvalue weighted by molar-refractivity contribution is 0.0920. The zero-order valence-electron chi connectivity index (χ0n) is 9.67. The molecule has 1 rings (SSSR count). The molecule has 1 amide bonds. The number of aryl methyl sites for hydroxylation is 1. The number of benzene rings is 1. The van der Waals surface area contributed by atoms with Crippen molar-refractivity contribution in [2.75, 3.05) is 5.88 Å². The van der Waals surface area contributed by atoms with Gasteiger partial charge in [0.15, 0.2) is 0 Å². The van der Waals surface area contributed by atoms with E-state index in [0.717, 1.165) is 5.56 Å². The molecule has 0 heterocycles. The number of carbonyl (C=O) groups is 1. The number of carbonyl (C=O) groups excluding carboxylic acids is 1. The molecule has 0 fully saturated rings. The largest absolute Gasteiger partial charge is 0.508 e. The number of hydrogen-bond donors (Lipinski definition) is 2. The highest BCUT2D eigenvalue weighted by Gasteiger charge is 2.20. The lowest BCUT2D eigenvalue weighted by Gasteiger charge is -2.23. The fraction of sp³-hybridized carbons (Fsp3) is 0.417. The van der Waals surface area contributed by atoms with Crippen molar-refractivity contribution >= 4 is 17.5 Å². The highest BCUT2D eigenvalue weighted by molar-refractivity contribution is 6.18. The Labute approximate surface area is 100 Å². The van der Waals surface area contributed by atoms with E-state index in [1.807, 2.05) is 13.8 Å². The van der Waals surface area contributed by atoms with Crippen molar-refractivity contribution in [2.45, 2.75) is 26.3 Å². The average molecular weight is 242 g/mol. The third kappa shape index (κ3) is 3.14. The fourth-order valence-corrected chi connectivity index (χ4v) is 1.23. The van der Waals surface area contributed by atoms with Crippen LogP contribution in [0.2, 0.25) is 0 Å². The van der Waals surface area contributed by atoms with Gasteiger partial charge >= 0.3 is 0 Å². The normalized spacial score (nSPS) is 11.2. The Kier molecular flexibility index (Phi) is 3.81. The zero-order valence-corrected chi connectivity index (χ0v) is 10.4. The number of phenolic OH excluding ortho intramolecular Hbond substituents is 1. The molecule has 4 heteroatoms. The summed E-state index contributed by atoms with van der Waals surface area (Å²) in [5.74, 6) is 0.216.